The number of hydrogen-bond acceptors (Lipinski definition) is 1. The number of aromatic nitrogens is 1. The van der Waals surface area contributed by atoms with Gasteiger partial charge in [-0.15, -0.1) is 6.42 Å². The van der Waals surface area contributed by atoms with Gasteiger partial charge in [0.1, 0.15) is 0 Å². The molecule has 1 aromatic heterocycles. The number of pyridine rings is 1. The first kappa shape index (κ1) is 12.7. The summed E-state index contributed by atoms with van der Waals surface area (Å²) in [4.78, 5) is 3.93. The summed E-state index contributed by atoms with van der Waals surface area (Å²) in [5.41, 5.74) is 2.54. The van der Waals surface area contributed by atoms with Crippen LogP contribution >= 0.6 is 0 Å². The molecule has 16 heavy (non-hydrogen) atoms. The van der Waals surface area contributed by atoms with Gasteiger partial charge < -0.3 is 0 Å². The van der Waals surface area contributed by atoms with Gasteiger partial charge in [-0.25, -0.2) is 12.2 Å². The van der Waals surface area contributed by atoms with Crippen LogP contribution in [-0.4, -0.2) is 4.98 Å². The third kappa shape index (κ3) is 3.64. The summed E-state index contributed by atoms with van der Waals surface area (Å²) in [5.74, 6) is 0. The molecule has 1 aromatic rings. The van der Waals surface area contributed by atoms with Crippen molar-refractivity contribution in [1.29, 1.82) is 0 Å². The van der Waals surface area contributed by atoms with E-state index in [2.05, 4.69) is 29.3 Å². The van der Waals surface area contributed by atoms with E-state index >= 15 is 0 Å². The van der Waals surface area contributed by atoms with Gasteiger partial charge in [0, 0.05) is 29.2 Å². The summed E-state index contributed by atoms with van der Waals surface area (Å²) < 4.78 is 0. The van der Waals surface area contributed by atoms with E-state index in [-0.39, 0.29) is 16.8 Å². The Balaban J connectivity index is 0.000000183. The first-order chi connectivity index (χ1) is 7.47. The second-order valence-corrected chi connectivity index (χ2v) is 3.22. The van der Waals surface area contributed by atoms with Gasteiger partial charge in [0.05, 0.1) is 0 Å². The Labute approximate surface area is 106 Å². The zero-order chi connectivity index (χ0) is 10.3. The van der Waals surface area contributed by atoms with Crippen molar-refractivity contribution in [2.45, 2.75) is 6.42 Å². The van der Waals surface area contributed by atoms with Crippen molar-refractivity contribution in [1.82, 2.24) is 4.98 Å². The maximum absolute atomic E-state index is 3.93. The number of nitrogens with zero attached hydrogens (tertiary/aromatic N) is 1. The molecule has 0 amide bonds. The fraction of sp³-hybridized carbons (Fsp3) is 0.0714. The predicted octanol–water partition coefficient (Wildman–Crippen LogP) is 3.34. The van der Waals surface area contributed by atoms with Gasteiger partial charge in [-0.2, -0.15) is 6.08 Å². The maximum Gasteiger partial charge on any atom is 0.0273 e. The molecule has 1 heterocycles. The molecule has 0 N–H and O–H groups in total. The molecule has 0 spiro atoms. The van der Waals surface area contributed by atoms with E-state index < -0.39 is 0 Å². The summed E-state index contributed by atoms with van der Waals surface area (Å²) in [6.45, 7) is 0. The Morgan fingerprint density at radius 1 is 1.12 bits per heavy atom. The second kappa shape index (κ2) is 6.98. The van der Waals surface area contributed by atoms with Crippen molar-refractivity contribution in [2.75, 3.05) is 0 Å². The van der Waals surface area contributed by atoms with Gasteiger partial charge in [-0.05, 0) is 23.3 Å². The van der Waals surface area contributed by atoms with Gasteiger partial charge in [0.25, 0.3) is 0 Å². The number of rotatable bonds is 1. The van der Waals surface area contributed by atoms with Gasteiger partial charge in [-0.3, -0.25) is 11.1 Å². The molecule has 0 fully saturated rings. The third-order valence-electron chi connectivity index (χ3n) is 2.15. The summed E-state index contributed by atoms with van der Waals surface area (Å²) in [6.07, 6.45) is 19.8. The molecule has 0 aromatic carbocycles. The van der Waals surface area contributed by atoms with Gasteiger partial charge >= 0.3 is 0 Å². The molecule has 1 radical (unpaired) electrons. The van der Waals surface area contributed by atoms with E-state index in [0.717, 1.165) is 6.42 Å². The fourth-order valence-electron chi connectivity index (χ4n) is 1.27. The topological polar surface area (TPSA) is 12.9 Å². The molecule has 0 saturated heterocycles. The van der Waals surface area contributed by atoms with Crippen LogP contribution in [-0.2, 0) is 16.8 Å². The van der Waals surface area contributed by atoms with E-state index in [1.54, 1.807) is 0 Å². The maximum atomic E-state index is 3.93. The monoisotopic (exact) mass is 253 g/mol. The van der Waals surface area contributed by atoms with Crippen LogP contribution in [0.4, 0.5) is 0 Å². The Morgan fingerprint density at radius 2 is 1.88 bits per heavy atom. The fourth-order valence-corrected chi connectivity index (χ4v) is 1.27. The molecule has 2 aliphatic carbocycles. The first-order valence-electron chi connectivity index (χ1n) is 4.97. The normalized spacial score (nSPS) is 14.4. The molecule has 0 aliphatic heterocycles. The van der Waals surface area contributed by atoms with Crippen molar-refractivity contribution in [3.8, 4) is 0 Å². The molecular formula is C14H12CoN-. The van der Waals surface area contributed by atoms with Crippen LogP contribution < -0.4 is 0 Å². The summed E-state index contributed by atoms with van der Waals surface area (Å²) in [5, 5.41) is 0. The Kier molecular flexibility index (Phi) is 5.54. The molecule has 0 atom stereocenters. The van der Waals surface area contributed by atoms with Crippen molar-refractivity contribution in [3.63, 3.8) is 0 Å². The van der Waals surface area contributed by atoms with Crippen LogP contribution in [0.2, 0.25) is 0 Å². The standard InChI is InChI=1S/C9H7N.C5H5.Co/c1-2-8(3-1)9-4-6-10-7-5-9;1-2-4-5-3-1;/h1-7H;1-3H,4H2;/q;-1;. The van der Waals surface area contributed by atoms with E-state index in [1.807, 2.05) is 42.8 Å². The molecule has 0 bridgehead atoms. The van der Waals surface area contributed by atoms with Gasteiger partial charge in [0.2, 0.25) is 0 Å². The second-order valence-electron chi connectivity index (χ2n) is 3.22. The minimum absolute atomic E-state index is 0. The molecule has 83 valence electrons. The predicted molar refractivity (Wildman–Crippen MR) is 62.9 cm³/mol. The molecular weight excluding hydrogens is 241 g/mol. The number of allylic oxidation sites excluding steroid dienone is 8. The van der Waals surface area contributed by atoms with E-state index in [4.69, 9.17) is 0 Å². The minimum atomic E-state index is 0. The van der Waals surface area contributed by atoms with Crippen LogP contribution in [0, 0.1) is 6.08 Å². The van der Waals surface area contributed by atoms with Crippen molar-refractivity contribution >= 4 is 5.57 Å². The Morgan fingerprint density at radius 3 is 2.25 bits per heavy atom. The van der Waals surface area contributed by atoms with Crippen LogP contribution in [0.5, 0.6) is 0 Å². The van der Waals surface area contributed by atoms with Gasteiger partial charge in [0.15, 0.2) is 0 Å². The number of hydrogen-bond donors (Lipinski definition) is 0. The molecule has 0 saturated carbocycles. The van der Waals surface area contributed by atoms with E-state index in [9.17, 15) is 0 Å². The van der Waals surface area contributed by atoms with E-state index in [1.165, 1.54) is 11.1 Å². The van der Waals surface area contributed by atoms with E-state index in [0.29, 0.717) is 0 Å². The Hall–Kier alpha value is -1.38. The molecule has 0 unspecified atom stereocenters. The minimum Gasteiger partial charge on any atom is -0.273 e. The average Bonchev–Trinajstić information content (AvgIpc) is 2.74. The summed E-state index contributed by atoms with van der Waals surface area (Å²) in [7, 11) is 0. The summed E-state index contributed by atoms with van der Waals surface area (Å²) >= 11 is 0. The zero-order valence-corrected chi connectivity index (χ0v) is 9.80. The van der Waals surface area contributed by atoms with Crippen LogP contribution in [0.1, 0.15) is 12.0 Å². The zero-order valence-electron chi connectivity index (χ0n) is 8.76. The summed E-state index contributed by atoms with van der Waals surface area (Å²) in [6, 6.07) is 4.02. The van der Waals surface area contributed by atoms with Crippen LogP contribution in [0.15, 0.2) is 61.0 Å². The van der Waals surface area contributed by atoms with Crippen molar-refractivity contribution in [3.05, 3.63) is 72.6 Å². The van der Waals surface area contributed by atoms with Gasteiger partial charge in [-0.1, -0.05) is 18.2 Å². The molecule has 1 nitrogen and oxygen atoms in total. The Bertz CT molecular complexity index is 417. The third-order valence-corrected chi connectivity index (χ3v) is 2.15. The van der Waals surface area contributed by atoms with Crippen LogP contribution in [0.25, 0.3) is 5.57 Å². The quantitative estimate of drug-likeness (QED) is 0.699. The average molecular weight is 253 g/mol. The van der Waals surface area contributed by atoms with Crippen molar-refractivity contribution in [2.24, 2.45) is 0 Å². The van der Waals surface area contributed by atoms with Crippen LogP contribution in [0.3, 0.4) is 0 Å². The largest absolute Gasteiger partial charge is 0.273 e. The molecule has 3 rings (SSSR count). The SMILES string of the molecule is C1=CC(c2ccncc2)=C1.[C-]1=CC=CC1.[Co]. The molecule has 2 heteroatoms. The van der Waals surface area contributed by atoms with Crippen molar-refractivity contribution < 1.29 is 16.8 Å². The smallest absolute Gasteiger partial charge is 0.0273 e. The molecule has 2 aliphatic rings. The first-order valence-corrected chi connectivity index (χ1v) is 4.97.